The lowest BCUT2D eigenvalue weighted by atomic mass is 9.97. The Morgan fingerprint density at radius 1 is 1.10 bits per heavy atom. The lowest BCUT2D eigenvalue weighted by Crippen LogP contribution is -2.29. The van der Waals surface area contributed by atoms with Gasteiger partial charge in [-0.1, -0.05) is 47.5 Å². The molecular formula is C19H23NO. The molecule has 2 heteroatoms. The molecule has 3 rings (SSSR count). The van der Waals surface area contributed by atoms with Gasteiger partial charge in [-0.25, -0.2) is 0 Å². The molecule has 0 aliphatic carbocycles. The molecule has 1 N–H and O–H groups in total. The highest BCUT2D eigenvalue weighted by Gasteiger charge is 2.22. The van der Waals surface area contributed by atoms with Crippen LogP contribution < -0.4 is 10.1 Å². The molecule has 0 amide bonds. The van der Waals surface area contributed by atoms with Crippen LogP contribution in [-0.4, -0.2) is 6.61 Å². The fourth-order valence-corrected chi connectivity index (χ4v) is 3.17. The summed E-state index contributed by atoms with van der Waals surface area (Å²) < 4.78 is 5.74. The Balaban J connectivity index is 1.81. The Bertz CT molecular complexity index is 615. The molecular weight excluding hydrogens is 258 g/mol. The van der Waals surface area contributed by atoms with Gasteiger partial charge in [-0.05, 0) is 32.4 Å². The van der Waals surface area contributed by atoms with E-state index in [1.54, 1.807) is 0 Å². The van der Waals surface area contributed by atoms with Crippen LogP contribution in [0, 0.1) is 13.8 Å². The monoisotopic (exact) mass is 281 g/mol. The molecule has 0 spiro atoms. The number of hydrogen-bond acceptors (Lipinski definition) is 2. The van der Waals surface area contributed by atoms with Crippen LogP contribution in [0.3, 0.4) is 0 Å². The van der Waals surface area contributed by atoms with Gasteiger partial charge in [0.25, 0.3) is 0 Å². The third-order valence-electron chi connectivity index (χ3n) is 4.15. The van der Waals surface area contributed by atoms with E-state index in [0.717, 1.165) is 18.8 Å². The van der Waals surface area contributed by atoms with E-state index in [0.29, 0.717) is 12.1 Å². The van der Waals surface area contributed by atoms with Crippen molar-refractivity contribution in [3.05, 3.63) is 64.7 Å². The lowest BCUT2D eigenvalue weighted by molar-refractivity contribution is 0.246. The predicted octanol–water partition coefficient (Wildman–Crippen LogP) is 4.48. The molecule has 2 unspecified atom stereocenters. The summed E-state index contributed by atoms with van der Waals surface area (Å²) in [5, 5.41) is 3.77. The largest absolute Gasteiger partial charge is 0.493 e. The lowest BCUT2D eigenvalue weighted by Gasteiger charge is -2.29. The SMILES string of the molecule is Cc1cc(C)cc(C(C)NC2CCOc3ccccc32)c1. The zero-order valence-corrected chi connectivity index (χ0v) is 13.0. The quantitative estimate of drug-likeness (QED) is 0.895. The van der Waals surface area contributed by atoms with Crippen LogP contribution in [0.2, 0.25) is 0 Å². The van der Waals surface area contributed by atoms with Crippen LogP contribution in [-0.2, 0) is 0 Å². The second kappa shape index (κ2) is 5.90. The van der Waals surface area contributed by atoms with Crippen LogP contribution in [0.4, 0.5) is 0 Å². The summed E-state index contributed by atoms with van der Waals surface area (Å²) in [6.45, 7) is 7.35. The number of para-hydroxylation sites is 1. The van der Waals surface area contributed by atoms with Gasteiger partial charge in [0.1, 0.15) is 5.75 Å². The van der Waals surface area contributed by atoms with Crippen molar-refractivity contribution in [2.75, 3.05) is 6.61 Å². The molecule has 2 aromatic carbocycles. The number of ether oxygens (including phenoxy) is 1. The van der Waals surface area contributed by atoms with Crippen LogP contribution in [0.1, 0.15) is 47.7 Å². The van der Waals surface area contributed by atoms with Crippen LogP contribution in [0.25, 0.3) is 0 Å². The predicted molar refractivity (Wildman–Crippen MR) is 86.8 cm³/mol. The molecule has 0 saturated heterocycles. The zero-order chi connectivity index (χ0) is 14.8. The van der Waals surface area contributed by atoms with Crippen molar-refractivity contribution >= 4 is 0 Å². The molecule has 0 fully saturated rings. The standard InChI is InChI=1S/C19H23NO/c1-13-10-14(2)12-16(11-13)15(3)20-18-8-9-21-19-7-5-4-6-17(18)19/h4-7,10-12,15,18,20H,8-9H2,1-3H3. The van der Waals surface area contributed by atoms with E-state index < -0.39 is 0 Å². The summed E-state index contributed by atoms with van der Waals surface area (Å²) in [7, 11) is 0. The molecule has 1 aliphatic rings. The van der Waals surface area contributed by atoms with E-state index in [-0.39, 0.29) is 0 Å². The summed E-state index contributed by atoms with van der Waals surface area (Å²) in [4.78, 5) is 0. The van der Waals surface area contributed by atoms with Gasteiger partial charge < -0.3 is 10.1 Å². The smallest absolute Gasteiger partial charge is 0.124 e. The molecule has 1 heterocycles. The number of fused-ring (bicyclic) bond motifs is 1. The highest BCUT2D eigenvalue weighted by atomic mass is 16.5. The van der Waals surface area contributed by atoms with E-state index in [4.69, 9.17) is 4.74 Å². The van der Waals surface area contributed by atoms with Crippen LogP contribution in [0.5, 0.6) is 5.75 Å². The molecule has 0 radical (unpaired) electrons. The molecule has 21 heavy (non-hydrogen) atoms. The Morgan fingerprint density at radius 3 is 2.57 bits per heavy atom. The molecule has 110 valence electrons. The number of hydrogen-bond donors (Lipinski definition) is 1. The third kappa shape index (κ3) is 3.11. The molecule has 2 nitrogen and oxygen atoms in total. The van der Waals surface area contributed by atoms with Gasteiger partial charge >= 0.3 is 0 Å². The Labute approximate surface area is 127 Å². The maximum absolute atomic E-state index is 5.74. The first-order valence-electron chi connectivity index (χ1n) is 7.69. The van der Waals surface area contributed by atoms with Crippen molar-refractivity contribution < 1.29 is 4.74 Å². The van der Waals surface area contributed by atoms with Gasteiger partial charge in [0.05, 0.1) is 6.61 Å². The molecule has 2 atom stereocenters. The number of aryl methyl sites for hydroxylation is 2. The normalized spacial score (nSPS) is 18.7. The summed E-state index contributed by atoms with van der Waals surface area (Å²) in [6, 6.07) is 15.8. The summed E-state index contributed by atoms with van der Waals surface area (Å²) >= 11 is 0. The van der Waals surface area contributed by atoms with Crippen molar-refractivity contribution in [2.24, 2.45) is 0 Å². The van der Waals surface area contributed by atoms with Gasteiger partial charge in [-0.2, -0.15) is 0 Å². The first-order chi connectivity index (χ1) is 10.1. The first kappa shape index (κ1) is 14.2. The number of benzene rings is 2. The fourth-order valence-electron chi connectivity index (χ4n) is 3.17. The van der Waals surface area contributed by atoms with Gasteiger partial charge in [0.15, 0.2) is 0 Å². The van der Waals surface area contributed by atoms with Crippen molar-refractivity contribution in [2.45, 2.75) is 39.3 Å². The highest BCUT2D eigenvalue weighted by molar-refractivity contribution is 5.38. The Hall–Kier alpha value is -1.80. The molecule has 2 aromatic rings. The summed E-state index contributed by atoms with van der Waals surface area (Å²) in [5.74, 6) is 1.02. The Kier molecular flexibility index (Phi) is 3.98. The molecule has 1 aliphatic heterocycles. The van der Waals surface area contributed by atoms with Crippen molar-refractivity contribution in [3.8, 4) is 5.75 Å². The maximum atomic E-state index is 5.74. The fraction of sp³-hybridized carbons (Fsp3) is 0.368. The third-order valence-corrected chi connectivity index (χ3v) is 4.15. The number of rotatable bonds is 3. The van der Waals surface area contributed by atoms with E-state index in [9.17, 15) is 0 Å². The first-order valence-corrected chi connectivity index (χ1v) is 7.69. The van der Waals surface area contributed by atoms with Crippen LogP contribution >= 0.6 is 0 Å². The average molecular weight is 281 g/mol. The van der Waals surface area contributed by atoms with Crippen molar-refractivity contribution in [1.82, 2.24) is 5.32 Å². The maximum Gasteiger partial charge on any atom is 0.124 e. The van der Waals surface area contributed by atoms with Crippen LogP contribution in [0.15, 0.2) is 42.5 Å². The summed E-state index contributed by atoms with van der Waals surface area (Å²) in [5.41, 5.74) is 5.29. The zero-order valence-electron chi connectivity index (χ0n) is 13.0. The molecule has 0 bridgehead atoms. The van der Waals surface area contributed by atoms with E-state index in [1.807, 2.05) is 6.07 Å². The molecule has 0 aromatic heterocycles. The van der Waals surface area contributed by atoms with Crippen molar-refractivity contribution in [3.63, 3.8) is 0 Å². The topological polar surface area (TPSA) is 21.3 Å². The van der Waals surface area contributed by atoms with E-state index >= 15 is 0 Å². The van der Waals surface area contributed by atoms with Gasteiger partial charge in [-0.15, -0.1) is 0 Å². The van der Waals surface area contributed by atoms with Crippen molar-refractivity contribution in [1.29, 1.82) is 0 Å². The second-order valence-electron chi connectivity index (χ2n) is 6.04. The average Bonchev–Trinajstić information content (AvgIpc) is 2.46. The van der Waals surface area contributed by atoms with E-state index in [1.165, 1.54) is 22.3 Å². The van der Waals surface area contributed by atoms with E-state index in [2.05, 4.69) is 62.5 Å². The van der Waals surface area contributed by atoms with Gasteiger partial charge in [0, 0.05) is 24.1 Å². The van der Waals surface area contributed by atoms with Gasteiger partial charge in [0.2, 0.25) is 0 Å². The van der Waals surface area contributed by atoms with Gasteiger partial charge in [-0.3, -0.25) is 0 Å². The summed E-state index contributed by atoms with van der Waals surface area (Å²) in [6.07, 6.45) is 1.02. The minimum Gasteiger partial charge on any atom is -0.493 e. The Morgan fingerprint density at radius 2 is 1.81 bits per heavy atom. The molecule has 0 saturated carbocycles. The minimum atomic E-state index is 0.333. The second-order valence-corrected chi connectivity index (χ2v) is 6.04. The minimum absolute atomic E-state index is 0.333. The number of nitrogens with one attached hydrogen (secondary N) is 1. The highest BCUT2D eigenvalue weighted by Crippen LogP contribution is 2.33.